The summed E-state index contributed by atoms with van der Waals surface area (Å²) in [7, 11) is 0. The largest absolute Gasteiger partial charge is 0.389 e. The van der Waals surface area contributed by atoms with Gasteiger partial charge in [-0.1, -0.05) is 27.7 Å². The van der Waals surface area contributed by atoms with Crippen molar-refractivity contribution < 1.29 is 5.11 Å². The topological polar surface area (TPSA) is 38.0 Å². The molecule has 0 aliphatic heterocycles. The third-order valence-corrected chi connectivity index (χ3v) is 1.31. The van der Waals surface area contributed by atoms with Crippen molar-refractivity contribution >= 4 is 0 Å². The van der Waals surface area contributed by atoms with Gasteiger partial charge in [-0.15, -0.1) is 0 Å². The summed E-state index contributed by atoms with van der Waals surface area (Å²) in [6.07, 6.45) is 3.70. The predicted octanol–water partition coefficient (Wildman–Crippen LogP) is 3.01. The smallest absolute Gasteiger partial charge is 0.0786 e. The number of hydrogen-bond acceptors (Lipinski definition) is 2. The minimum absolute atomic E-state index is 0.542. The molecule has 0 radical (unpaired) electrons. The maximum atomic E-state index is 9.42. The molecule has 0 fully saturated rings. The van der Waals surface area contributed by atoms with Crippen molar-refractivity contribution in [3.63, 3.8) is 0 Å². The van der Waals surface area contributed by atoms with Crippen LogP contribution in [0.5, 0.6) is 0 Å². The minimum Gasteiger partial charge on any atom is -0.389 e. The Labute approximate surface area is 94.1 Å². The monoisotopic (exact) mass is 214 g/mol. The van der Waals surface area contributed by atoms with E-state index in [1.807, 2.05) is 40.8 Å². The number of aryl methyl sites for hydroxylation is 1. The fraction of sp³-hybridized carbons (Fsp3) is 0.750. The minimum atomic E-state index is -0.682. The Morgan fingerprint density at radius 3 is 2.00 bits per heavy atom. The van der Waals surface area contributed by atoms with Crippen LogP contribution in [0.2, 0.25) is 0 Å². The zero-order valence-electron chi connectivity index (χ0n) is 11.2. The summed E-state index contributed by atoms with van der Waals surface area (Å²) in [4.78, 5) is 0. The summed E-state index contributed by atoms with van der Waals surface area (Å²) in [6.45, 7) is 14.1. The first kappa shape index (κ1) is 16.6. The first-order valence-electron chi connectivity index (χ1n) is 5.69. The molecule has 1 heterocycles. The van der Waals surface area contributed by atoms with Gasteiger partial charge in [0.05, 0.1) is 18.3 Å². The van der Waals surface area contributed by atoms with Gasteiger partial charge < -0.3 is 5.11 Å². The van der Waals surface area contributed by atoms with Crippen LogP contribution in [-0.2, 0) is 6.54 Å². The molecule has 1 N–H and O–H groups in total. The molecule has 0 saturated carbocycles. The zero-order chi connectivity index (χ0) is 12.5. The Balaban J connectivity index is 0. The quantitative estimate of drug-likeness (QED) is 0.821. The molecule has 0 aliphatic rings. The van der Waals surface area contributed by atoms with Crippen molar-refractivity contribution in [2.75, 3.05) is 0 Å². The fourth-order valence-corrected chi connectivity index (χ4v) is 0.950. The highest BCUT2D eigenvalue weighted by atomic mass is 16.3. The van der Waals surface area contributed by atoms with Crippen LogP contribution in [0.15, 0.2) is 12.4 Å². The van der Waals surface area contributed by atoms with Gasteiger partial charge >= 0.3 is 0 Å². The van der Waals surface area contributed by atoms with E-state index < -0.39 is 5.60 Å². The Hall–Kier alpha value is -0.830. The van der Waals surface area contributed by atoms with Crippen LogP contribution in [0.25, 0.3) is 0 Å². The van der Waals surface area contributed by atoms with Gasteiger partial charge in [-0.25, -0.2) is 0 Å². The van der Waals surface area contributed by atoms with Crippen LogP contribution in [0, 0.1) is 6.92 Å². The highest BCUT2D eigenvalue weighted by Gasteiger charge is 2.13. The summed E-state index contributed by atoms with van der Waals surface area (Å²) >= 11 is 0. The molecule has 0 aromatic carbocycles. The SMILES string of the molecule is CC.CC.Cc1cnn(CC(C)(C)O)c1. The van der Waals surface area contributed by atoms with Gasteiger partial charge in [0, 0.05) is 6.20 Å². The third-order valence-electron chi connectivity index (χ3n) is 1.31. The van der Waals surface area contributed by atoms with E-state index >= 15 is 0 Å². The first-order chi connectivity index (χ1) is 6.97. The highest BCUT2D eigenvalue weighted by Crippen LogP contribution is 2.05. The standard InChI is InChI=1S/C8H14N2O.2C2H6/c1-7-4-9-10(5-7)6-8(2,3)11;2*1-2/h4-5,11H,6H2,1-3H3;2*1-2H3. The lowest BCUT2D eigenvalue weighted by atomic mass is 10.1. The molecule has 1 rings (SSSR count). The van der Waals surface area contributed by atoms with E-state index in [4.69, 9.17) is 0 Å². The van der Waals surface area contributed by atoms with Gasteiger partial charge in [0.1, 0.15) is 0 Å². The number of aromatic nitrogens is 2. The number of rotatable bonds is 2. The lowest BCUT2D eigenvalue weighted by Gasteiger charge is -2.16. The normalized spacial score (nSPS) is 9.60. The predicted molar refractivity (Wildman–Crippen MR) is 66.0 cm³/mol. The van der Waals surface area contributed by atoms with E-state index in [0.717, 1.165) is 5.56 Å². The zero-order valence-corrected chi connectivity index (χ0v) is 11.2. The molecule has 3 heteroatoms. The van der Waals surface area contributed by atoms with E-state index in [9.17, 15) is 5.11 Å². The second-order valence-corrected chi connectivity index (χ2v) is 3.53. The number of nitrogens with zero attached hydrogens (tertiary/aromatic N) is 2. The molecule has 15 heavy (non-hydrogen) atoms. The Kier molecular flexibility index (Phi) is 9.38. The van der Waals surface area contributed by atoms with Gasteiger partial charge in [-0.05, 0) is 26.3 Å². The average molecular weight is 214 g/mol. The average Bonchev–Trinajstić information content (AvgIpc) is 2.55. The number of aliphatic hydroxyl groups is 1. The first-order valence-corrected chi connectivity index (χ1v) is 5.69. The van der Waals surface area contributed by atoms with E-state index in [-0.39, 0.29) is 0 Å². The summed E-state index contributed by atoms with van der Waals surface area (Å²) in [5.41, 5.74) is 0.438. The lowest BCUT2D eigenvalue weighted by molar-refractivity contribution is 0.0577. The lowest BCUT2D eigenvalue weighted by Crippen LogP contribution is -2.26. The summed E-state index contributed by atoms with van der Waals surface area (Å²) in [5.74, 6) is 0. The molecule has 0 saturated heterocycles. The summed E-state index contributed by atoms with van der Waals surface area (Å²) in [5, 5.41) is 13.5. The van der Waals surface area contributed by atoms with Crippen LogP contribution >= 0.6 is 0 Å². The summed E-state index contributed by atoms with van der Waals surface area (Å²) in [6, 6.07) is 0. The van der Waals surface area contributed by atoms with E-state index in [0.29, 0.717) is 6.54 Å². The maximum absolute atomic E-state index is 9.42. The van der Waals surface area contributed by atoms with Crippen molar-refractivity contribution in [1.82, 2.24) is 9.78 Å². The van der Waals surface area contributed by atoms with Gasteiger partial charge in [0.25, 0.3) is 0 Å². The second kappa shape index (κ2) is 8.48. The Bertz CT molecular complexity index is 236. The van der Waals surface area contributed by atoms with Crippen molar-refractivity contribution in [2.45, 2.75) is 60.6 Å². The van der Waals surface area contributed by atoms with E-state index in [1.54, 1.807) is 24.7 Å². The van der Waals surface area contributed by atoms with Crippen molar-refractivity contribution in [3.8, 4) is 0 Å². The highest BCUT2D eigenvalue weighted by molar-refractivity contribution is 4.99. The molecule has 0 aliphatic carbocycles. The fourth-order valence-electron chi connectivity index (χ4n) is 0.950. The second-order valence-electron chi connectivity index (χ2n) is 3.53. The van der Waals surface area contributed by atoms with Gasteiger partial charge in [0.15, 0.2) is 0 Å². The molecule has 0 spiro atoms. The van der Waals surface area contributed by atoms with Crippen LogP contribution in [0.1, 0.15) is 47.1 Å². The Morgan fingerprint density at radius 1 is 1.27 bits per heavy atom. The van der Waals surface area contributed by atoms with E-state index in [2.05, 4.69) is 5.10 Å². The molecule has 3 nitrogen and oxygen atoms in total. The van der Waals surface area contributed by atoms with Gasteiger partial charge in [0.2, 0.25) is 0 Å². The molecule has 1 aromatic rings. The van der Waals surface area contributed by atoms with Gasteiger partial charge in [-0.3, -0.25) is 4.68 Å². The van der Waals surface area contributed by atoms with E-state index in [1.165, 1.54) is 0 Å². The van der Waals surface area contributed by atoms with Gasteiger partial charge in [-0.2, -0.15) is 5.10 Å². The third kappa shape index (κ3) is 9.47. The summed E-state index contributed by atoms with van der Waals surface area (Å²) < 4.78 is 1.75. The molecule has 0 amide bonds. The van der Waals surface area contributed by atoms with Crippen LogP contribution in [0.4, 0.5) is 0 Å². The molecular formula is C12H26N2O. The molecule has 0 bridgehead atoms. The number of hydrogen-bond donors (Lipinski definition) is 1. The molecule has 0 unspecified atom stereocenters. The molecule has 90 valence electrons. The molecule has 1 aromatic heterocycles. The maximum Gasteiger partial charge on any atom is 0.0786 e. The molecular weight excluding hydrogens is 188 g/mol. The van der Waals surface area contributed by atoms with Crippen molar-refractivity contribution in [1.29, 1.82) is 0 Å². The van der Waals surface area contributed by atoms with Crippen molar-refractivity contribution in [2.24, 2.45) is 0 Å². The van der Waals surface area contributed by atoms with Crippen LogP contribution in [-0.4, -0.2) is 20.5 Å². The molecule has 0 atom stereocenters. The van der Waals surface area contributed by atoms with Crippen molar-refractivity contribution in [3.05, 3.63) is 18.0 Å². The van der Waals surface area contributed by atoms with Crippen LogP contribution < -0.4 is 0 Å². The Morgan fingerprint density at radius 2 is 1.73 bits per heavy atom. The van der Waals surface area contributed by atoms with Crippen LogP contribution in [0.3, 0.4) is 0 Å².